The second-order valence-corrected chi connectivity index (χ2v) is 9.28. The highest BCUT2D eigenvalue weighted by atomic mass is 32.2. The topological polar surface area (TPSA) is 84.7 Å². The van der Waals surface area contributed by atoms with E-state index in [0.29, 0.717) is 37.5 Å². The Morgan fingerprint density at radius 2 is 1.84 bits per heavy atom. The number of sulfonamides is 1. The lowest BCUT2D eigenvalue weighted by Gasteiger charge is -2.26. The van der Waals surface area contributed by atoms with Crippen molar-refractivity contribution < 1.29 is 13.2 Å². The van der Waals surface area contributed by atoms with Gasteiger partial charge in [0.25, 0.3) is 0 Å². The molecule has 1 aliphatic heterocycles. The number of para-hydroxylation sites is 1. The second-order valence-electron chi connectivity index (χ2n) is 7.34. The molecule has 0 saturated heterocycles. The van der Waals surface area contributed by atoms with E-state index in [1.165, 1.54) is 4.31 Å². The van der Waals surface area contributed by atoms with Crippen LogP contribution in [0.1, 0.15) is 25.8 Å². The fourth-order valence-electron chi connectivity index (χ4n) is 3.90. The van der Waals surface area contributed by atoms with Gasteiger partial charge < -0.3 is 9.80 Å². The SMILES string of the molecule is CCN(CC)S(=O)(=O)c1ccc2c(c1)CCN2CC(=O)N(CCC#N)c1ccccc1. The first-order valence-electron chi connectivity index (χ1n) is 10.5. The number of benzene rings is 2. The molecule has 0 atom stereocenters. The average molecular weight is 441 g/mol. The van der Waals surface area contributed by atoms with E-state index in [4.69, 9.17) is 5.26 Å². The monoisotopic (exact) mass is 440 g/mol. The summed E-state index contributed by atoms with van der Waals surface area (Å²) in [6.07, 6.45) is 0.942. The molecule has 31 heavy (non-hydrogen) atoms. The summed E-state index contributed by atoms with van der Waals surface area (Å²) in [7, 11) is -3.51. The zero-order chi connectivity index (χ0) is 22.4. The van der Waals surface area contributed by atoms with E-state index >= 15 is 0 Å². The van der Waals surface area contributed by atoms with Crippen LogP contribution in [0.3, 0.4) is 0 Å². The van der Waals surface area contributed by atoms with Gasteiger partial charge in [0.1, 0.15) is 0 Å². The maximum Gasteiger partial charge on any atom is 0.246 e. The first-order valence-corrected chi connectivity index (χ1v) is 12.0. The van der Waals surface area contributed by atoms with E-state index < -0.39 is 10.0 Å². The Labute approximate surface area is 184 Å². The summed E-state index contributed by atoms with van der Waals surface area (Å²) < 4.78 is 27.1. The zero-order valence-corrected chi connectivity index (χ0v) is 18.8. The Bertz CT molecular complexity index is 1060. The molecular formula is C23H28N4O3S. The van der Waals surface area contributed by atoms with Crippen molar-refractivity contribution in [1.29, 1.82) is 5.26 Å². The number of carbonyl (C=O) groups is 1. The van der Waals surface area contributed by atoms with Crippen molar-refractivity contribution in [2.75, 3.05) is 42.5 Å². The number of fused-ring (bicyclic) bond motifs is 1. The van der Waals surface area contributed by atoms with Crippen LogP contribution in [0.5, 0.6) is 0 Å². The lowest BCUT2D eigenvalue weighted by molar-refractivity contribution is -0.117. The van der Waals surface area contributed by atoms with Gasteiger partial charge in [-0.25, -0.2) is 8.42 Å². The van der Waals surface area contributed by atoms with E-state index in [0.717, 1.165) is 16.9 Å². The molecule has 8 heteroatoms. The molecule has 1 aliphatic rings. The highest BCUT2D eigenvalue weighted by Gasteiger charge is 2.28. The molecule has 0 fully saturated rings. The standard InChI is InChI=1S/C23H28N4O3S/c1-3-26(4-2)31(29,30)21-11-12-22-19(17-21)13-16-25(22)18-23(28)27(15-8-14-24)20-9-6-5-7-10-20/h5-7,9-12,17H,3-4,8,13,15-16,18H2,1-2H3. The molecule has 0 spiro atoms. The van der Waals surface area contributed by atoms with Gasteiger partial charge in [0, 0.05) is 37.6 Å². The van der Waals surface area contributed by atoms with Gasteiger partial charge >= 0.3 is 0 Å². The predicted octanol–water partition coefficient (Wildman–Crippen LogP) is 3.03. The van der Waals surface area contributed by atoms with E-state index in [1.54, 1.807) is 23.1 Å². The van der Waals surface area contributed by atoms with Crippen molar-refractivity contribution in [3.63, 3.8) is 0 Å². The average Bonchev–Trinajstić information content (AvgIpc) is 3.17. The Morgan fingerprint density at radius 3 is 2.48 bits per heavy atom. The van der Waals surface area contributed by atoms with Gasteiger partial charge in [-0.1, -0.05) is 32.0 Å². The highest BCUT2D eigenvalue weighted by Crippen LogP contribution is 2.31. The van der Waals surface area contributed by atoms with Gasteiger partial charge in [0.2, 0.25) is 15.9 Å². The minimum atomic E-state index is -3.51. The number of nitrogens with zero attached hydrogens (tertiary/aromatic N) is 4. The molecule has 2 aromatic rings. The third kappa shape index (κ3) is 4.89. The normalized spacial score (nSPS) is 13.2. The summed E-state index contributed by atoms with van der Waals surface area (Å²) in [6.45, 7) is 5.66. The van der Waals surface area contributed by atoms with Crippen molar-refractivity contribution in [1.82, 2.24) is 4.31 Å². The number of rotatable bonds is 9. The minimum absolute atomic E-state index is 0.0888. The van der Waals surface area contributed by atoms with Gasteiger partial charge in [-0.3, -0.25) is 4.79 Å². The zero-order valence-electron chi connectivity index (χ0n) is 18.0. The molecule has 0 unspecified atom stereocenters. The number of hydrogen-bond donors (Lipinski definition) is 0. The Kier molecular flexibility index (Phi) is 7.31. The minimum Gasteiger partial charge on any atom is -0.362 e. The Balaban J connectivity index is 1.80. The van der Waals surface area contributed by atoms with Gasteiger partial charge in [-0.15, -0.1) is 0 Å². The third-order valence-corrected chi connectivity index (χ3v) is 7.57. The van der Waals surface area contributed by atoms with E-state index in [1.807, 2.05) is 49.1 Å². The van der Waals surface area contributed by atoms with Crippen LogP contribution >= 0.6 is 0 Å². The van der Waals surface area contributed by atoms with Crippen LogP contribution in [0.25, 0.3) is 0 Å². The molecule has 0 aromatic heterocycles. The second kappa shape index (κ2) is 9.94. The van der Waals surface area contributed by atoms with Gasteiger partial charge in [0.05, 0.1) is 23.9 Å². The number of nitriles is 1. The van der Waals surface area contributed by atoms with E-state index in [2.05, 4.69) is 6.07 Å². The van der Waals surface area contributed by atoms with Gasteiger partial charge in [-0.05, 0) is 42.3 Å². The third-order valence-electron chi connectivity index (χ3n) is 5.53. The quantitative estimate of drug-likeness (QED) is 0.598. The van der Waals surface area contributed by atoms with Crippen LogP contribution in [0.4, 0.5) is 11.4 Å². The lowest BCUT2D eigenvalue weighted by atomic mass is 10.2. The summed E-state index contributed by atoms with van der Waals surface area (Å²) >= 11 is 0. The first kappa shape index (κ1) is 22.8. The number of anilines is 2. The predicted molar refractivity (Wildman–Crippen MR) is 121 cm³/mol. The summed E-state index contributed by atoms with van der Waals surface area (Å²) in [6, 6.07) is 16.6. The Hall–Kier alpha value is -2.89. The number of hydrogen-bond acceptors (Lipinski definition) is 5. The van der Waals surface area contributed by atoms with Crippen molar-refractivity contribution in [2.45, 2.75) is 31.6 Å². The number of amides is 1. The fraction of sp³-hybridized carbons (Fsp3) is 0.391. The van der Waals surface area contributed by atoms with Crippen molar-refractivity contribution in [3.8, 4) is 6.07 Å². The smallest absolute Gasteiger partial charge is 0.246 e. The van der Waals surface area contributed by atoms with Crippen LogP contribution in [0.15, 0.2) is 53.4 Å². The van der Waals surface area contributed by atoms with Crippen molar-refractivity contribution in [2.24, 2.45) is 0 Å². The molecule has 2 aromatic carbocycles. The van der Waals surface area contributed by atoms with Crippen LogP contribution < -0.4 is 9.80 Å². The largest absolute Gasteiger partial charge is 0.362 e. The molecule has 0 aliphatic carbocycles. The maximum atomic E-state index is 13.1. The molecule has 0 N–H and O–H groups in total. The molecule has 7 nitrogen and oxygen atoms in total. The first-order chi connectivity index (χ1) is 14.9. The summed E-state index contributed by atoms with van der Waals surface area (Å²) in [5.41, 5.74) is 2.59. The summed E-state index contributed by atoms with van der Waals surface area (Å²) in [4.78, 5) is 17.0. The molecule has 1 heterocycles. The summed E-state index contributed by atoms with van der Waals surface area (Å²) in [5, 5.41) is 8.97. The van der Waals surface area contributed by atoms with Gasteiger partial charge in [-0.2, -0.15) is 9.57 Å². The van der Waals surface area contributed by atoms with Crippen LogP contribution in [0.2, 0.25) is 0 Å². The van der Waals surface area contributed by atoms with Crippen LogP contribution in [-0.2, 0) is 21.2 Å². The molecule has 0 saturated carbocycles. The lowest BCUT2D eigenvalue weighted by Crippen LogP contribution is -2.40. The van der Waals surface area contributed by atoms with Crippen LogP contribution in [-0.4, -0.2) is 51.4 Å². The fourth-order valence-corrected chi connectivity index (χ4v) is 5.41. The molecule has 3 rings (SSSR count). The van der Waals surface area contributed by atoms with Crippen LogP contribution in [0, 0.1) is 11.3 Å². The maximum absolute atomic E-state index is 13.1. The molecular weight excluding hydrogens is 412 g/mol. The van der Waals surface area contributed by atoms with Crippen molar-refractivity contribution in [3.05, 3.63) is 54.1 Å². The van der Waals surface area contributed by atoms with E-state index in [-0.39, 0.29) is 18.9 Å². The molecule has 0 radical (unpaired) electrons. The molecule has 1 amide bonds. The molecule has 0 bridgehead atoms. The summed E-state index contributed by atoms with van der Waals surface area (Å²) in [5.74, 6) is -0.0888. The molecule has 164 valence electrons. The number of carbonyl (C=O) groups excluding carboxylic acids is 1. The van der Waals surface area contributed by atoms with Crippen molar-refractivity contribution >= 4 is 27.3 Å². The van der Waals surface area contributed by atoms with E-state index in [9.17, 15) is 13.2 Å². The Morgan fingerprint density at radius 1 is 1.13 bits per heavy atom. The highest BCUT2D eigenvalue weighted by molar-refractivity contribution is 7.89. The van der Waals surface area contributed by atoms with Gasteiger partial charge in [0.15, 0.2) is 0 Å².